The average Bonchev–Trinajstić information content (AvgIpc) is 2.82. The first-order valence-corrected chi connectivity index (χ1v) is 7.42. The standard InChI is InChI=1S/C14H17ClN2S/c1-2-17-13(14-12(15)7-10-18-14)4-3-11-5-8-16-9-6-11/h5-10,13,17H,2-4H2,1H3. The van der Waals surface area contributed by atoms with E-state index in [4.69, 9.17) is 11.6 Å². The second-order valence-electron chi connectivity index (χ2n) is 4.14. The van der Waals surface area contributed by atoms with Gasteiger partial charge in [0.05, 0.1) is 5.02 Å². The van der Waals surface area contributed by atoms with Crippen LogP contribution in [0.2, 0.25) is 5.02 Å². The molecule has 96 valence electrons. The molecule has 2 aromatic rings. The number of nitrogens with zero attached hydrogens (tertiary/aromatic N) is 1. The third-order valence-corrected chi connectivity index (χ3v) is 4.35. The van der Waals surface area contributed by atoms with Gasteiger partial charge in [0.15, 0.2) is 0 Å². The van der Waals surface area contributed by atoms with Crippen molar-refractivity contribution in [3.8, 4) is 0 Å². The number of rotatable bonds is 6. The van der Waals surface area contributed by atoms with Crippen LogP contribution in [-0.2, 0) is 6.42 Å². The molecule has 0 aliphatic carbocycles. The number of aromatic nitrogens is 1. The topological polar surface area (TPSA) is 24.9 Å². The van der Waals surface area contributed by atoms with Crippen molar-refractivity contribution in [3.05, 3.63) is 51.4 Å². The molecule has 0 aliphatic heterocycles. The maximum absolute atomic E-state index is 6.21. The highest BCUT2D eigenvalue weighted by Crippen LogP contribution is 2.31. The zero-order chi connectivity index (χ0) is 12.8. The summed E-state index contributed by atoms with van der Waals surface area (Å²) in [5.41, 5.74) is 1.32. The SMILES string of the molecule is CCNC(CCc1ccncc1)c1sccc1Cl. The van der Waals surface area contributed by atoms with E-state index in [0.717, 1.165) is 24.4 Å². The van der Waals surface area contributed by atoms with Gasteiger partial charge >= 0.3 is 0 Å². The van der Waals surface area contributed by atoms with Gasteiger partial charge in [-0.25, -0.2) is 0 Å². The zero-order valence-electron chi connectivity index (χ0n) is 10.4. The average molecular weight is 281 g/mol. The van der Waals surface area contributed by atoms with E-state index < -0.39 is 0 Å². The lowest BCUT2D eigenvalue weighted by Crippen LogP contribution is -2.20. The monoisotopic (exact) mass is 280 g/mol. The number of halogens is 1. The van der Waals surface area contributed by atoms with E-state index in [9.17, 15) is 0 Å². The van der Waals surface area contributed by atoms with Crippen LogP contribution in [-0.4, -0.2) is 11.5 Å². The first-order valence-electron chi connectivity index (χ1n) is 6.16. The minimum absolute atomic E-state index is 0.343. The van der Waals surface area contributed by atoms with E-state index in [-0.39, 0.29) is 0 Å². The molecular weight excluding hydrogens is 264 g/mol. The van der Waals surface area contributed by atoms with Crippen molar-refractivity contribution in [1.82, 2.24) is 10.3 Å². The molecule has 0 bridgehead atoms. The lowest BCUT2D eigenvalue weighted by Gasteiger charge is -2.17. The largest absolute Gasteiger partial charge is 0.309 e. The van der Waals surface area contributed by atoms with Gasteiger partial charge in [-0.1, -0.05) is 18.5 Å². The smallest absolute Gasteiger partial charge is 0.0561 e. The summed E-state index contributed by atoms with van der Waals surface area (Å²) in [6, 6.07) is 6.45. The van der Waals surface area contributed by atoms with Gasteiger partial charge in [0.25, 0.3) is 0 Å². The van der Waals surface area contributed by atoms with Gasteiger partial charge in [-0.2, -0.15) is 0 Å². The van der Waals surface area contributed by atoms with E-state index in [1.165, 1.54) is 10.4 Å². The van der Waals surface area contributed by atoms with Crippen LogP contribution < -0.4 is 5.32 Å². The summed E-state index contributed by atoms with van der Waals surface area (Å²) in [5.74, 6) is 0. The quantitative estimate of drug-likeness (QED) is 0.862. The van der Waals surface area contributed by atoms with Crippen LogP contribution in [0, 0.1) is 0 Å². The van der Waals surface area contributed by atoms with Crippen LogP contribution in [0.25, 0.3) is 0 Å². The third-order valence-electron chi connectivity index (χ3n) is 2.88. The van der Waals surface area contributed by atoms with Gasteiger partial charge in [0, 0.05) is 23.3 Å². The predicted molar refractivity (Wildman–Crippen MR) is 78.3 cm³/mol. The molecule has 18 heavy (non-hydrogen) atoms. The van der Waals surface area contributed by atoms with Gasteiger partial charge in [-0.3, -0.25) is 4.98 Å². The van der Waals surface area contributed by atoms with E-state index in [1.807, 2.05) is 18.5 Å². The number of pyridine rings is 1. The highest BCUT2D eigenvalue weighted by molar-refractivity contribution is 7.10. The van der Waals surface area contributed by atoms with Gasteiger partial charge in [0.2, 0.25) is 0 Å². The van der Waals surface area contributed by atoms with Crippen molar-refractivity contribution in [2.75, 3.05) is 6.54 Å². The maximum Gasteiger partial charge on any atom is 0.0561 e. The first kappa shape index (κ1) is 13.5. The number of nitrogens with one attached hydrogen (secondary N) is 1. The molecule has 2 nitrogen and oxygen atoms in total. The van der Waals surface area contributed by atoms with Crippen LogP contribution in [0.5, 0.6) is 0 Å². The number of thiophene rings is 1. The molecule has 2 rings (SSSR count). The fourth-order valence-corrected chi connectivity index (χ4v) is 3.29. The second-order valence-corrected chi connectivity index (χ2v) is 5.49. The van der Waals surface area contributed by atoms with Gasteiger partial charge in [-0.15, -0.1) is 11.3 Å². The molecule has 2 aromatic heterocycles. The van der Waals surface area contributed by atoms with Crippen molar-refractivity contribution in [3.63, 3.8) is 0 Å². The van der Waals surface area contributed by atoms with Crippen LogP contribution in [0.4, 0.5) is 0 Å². The molecule has 2 heterocycles. The lowest BCUT2D eigenvalue weighted by atomic mass is 10.1. The molecule has 0 saturated heterocycles. The molecule has 1 atom stereocenters. The molecule has 0 saturated carbocycles. The summed E-state index contributed by atoms with van der Waals surface area (Å²) in [5, 5.41) is 6.43. The van der Waals surface area contributed by atoms with Crippen LogP contribution >= 0.6 is 22.9 Å². The van der Waals surface area contributed by atoms with E-state index in [0.29, 0.717) is 6.04 Å². The highest BCUT2D eigenvalue weighted by atomic mass is 35.5. The summed E-state index contributed by atoms with van der Waals surface area (Å²) >= 11 is 7.94. The molecule has 0 aliphatic rings. The summed E-state index contributed by atoms with van der Waals surface area (Å²) in [6.45, 7) is 3.08. The zero-order valence-corrected chi connectivity index (χ0v) is 12.0. The Morgan fingerprint density at radius 2 is 2.11 bits per heavy atom. The van der Waals surface area contributed by atoms with Crippen molar-refractivity contribution < 1.29 is 0 Å². The fraction of sp³-hybridized carbons (Fsp3) is 0.357. The molecule has 0 radical (unpaired) electrons. The number of hydrogen-bond acceptors (Lipinski definition) is 3. The molecule has 4 heteroatoms. The van der Waals surface area contributed by atoms with Gasteiger partial charge in [0.1, 0.15) is 0 Å². The van der Waals surface area contributed by atoms with Crippen LogP contribution in [0.15, 0.2) is 36.0 Å². The van der Waals surface area contributed by atoms with Crippen LogP contribution in [0.1, 0.15) is 29.8 Å². The molecule has 0 spiro atoms. The van der Waals surface area contributed by atoms with E-state index >= 15 is 0 Å². The highest BCUT2D eigenvalue weighted by Gasteiger charge is 2.14. The predicted octanol–water partition coefficient (Wildman–Crippen LogP) is 4.08. The van der Waals surface area contributed by atoms with Crippen LogP contribution in [0.3, 0.4) is 0 Å². The minimum atomic E-state index is 0.343. The molecule has 0 aromatic carbocycles. The summed E-state index contributed by atoms with van der Waals surface area (Å²) in [7, 11) is 0. The van der Waals surface area contributed by atoms with Crippen molar-refractivity contribution in [2.45, 2.75) is 25.8 Å². The Morgan fingerprint density at radius 1 is 1.33 bits per heavy atom. The Hall–Kier alpha value is -0.900. The van der Waals surface area contributed by atoms with Gasteiger partial charge < -0.3 is 5.32 Å². The number of hydrogen-bond donors (Lipinski definition) is 1. The molecule has 0 amide bonds. The second kappa shape index (κ2) is 6.88. The van der Waals surface area contributed by atoms with E-state index in [2.05, 4.69) is 34.7 Å². The Balaban J connectivity index is 2.01. The summed E-state index contributed by atoms with van der Waals surface area (Å²) < 4.78 is 0. The Kier molecular flexibility index (Phi) is 5.17. The Morgan fingerprint density at radius 3 is 2.72 bits per heavy atom. The normalized spacial score (nSPS) is 12.6. The molecule has 1 unspecified atom stereocenters. The molecular formula is C14H17ClN2S. The summed E-state index contributed by atoms with van der Waals surface area (Å²) in [6.07, 6.45) is 5.78. The number of aryl methyl sites for hydroxylation is 1. The van der Waals surface area contributed by atoms with Crippen molar-refractivity contribution in [2.24, 2.45) is 0 Å². The minimum Gasteiger partial charge on any atom is -0.309 e. The van der Waals surface area contributed by atoms with Gasteiger partial charge in [-0.05, 0) is 48.5 Å². The fourth-order valence-electron chi connectivity index (χ4n) is 1.99. The van der Waals surface area contributed by atoms with Crippen molar-refractivity contribution >= 4 is 22.9 Å². The Bertz CT molecular complexity index is 470. The molecule has 1 N–H and O–H groups in total. The molecule has 0 fully saturated rings. The first-order chi connectivity index (χ1) is 8.81. The van der Waals surface area contributed by atoms with E-state index in [1.54, 1.807) is 11.3 Å². The third kappa shape index (κ3) is 3.55. The maximum atomic E-state index is 6.21. The Labute approximate surface area is 117 Å². The summed E-state index contributed by atoms with van der Waals surface area (Å²) in [4.78, 5) is 5.28. The lowest BCUT2D eigenvalue weighted by molar-refractivity contribution is 0.523. The van der Waals surface area contributed by atoms with Crippen molar-refractivity contribution in [1.29, 1.82) is 0 Å².